The summed E-state index contributed by atoms with van der Waals surface area (Å²) in [5.74, 6) is -1.52. The normalized spacial score (nSPS) is 13.4. The van der Waals surface area contributed by atoms with Crippen LogP contribution in [0.1, 0.15) is 162 Å². The summed E-state index contributed by atoms with van der Waals surface area (Å²) in [5.41, 5.74) is 0. The molecule has 1 N–H and O–H groups in total. The molecule has 2 unspecified atom stereocenters. The summed E-state index contributed by atoms with van der Waals surface area (Å²) in [5, 5.41) is 9.58. The van der Waals surface area contributed by atoms with Gasteiger partial charge in [-0.05, 0) is 57.8 Å². The Balaban J connectivity index is 4.43. The van der Waals surface area contributed by atoms with Gasteiger partial charge in [-0.3, -0.25) is 9.59 Å². The highest BCUT2D eigenvalue weighted by Crippen LogP contribution is 2.12. The minimum Gasteiger partial charge on any atom is -0.477 e. The topological polar surface area (TPSA) is 99.1 Å². The van der Waals surface area contributed by atoms with Crippen LogP contribution in [0.2, 0.25) is 0 Å². The molecule has 50 heavy (non-hydrogen) atoms. The largest absolute Gasteiger partial charge is 0.477 e. The van der Waals surface area contributed by atoms with Crippen molar-refractivity contribution in [1.29, 1.82) is 0 Å². The van der Waals surface area contributed by atoms with Crippen LogP contribution in [0.3, 0.4) is 0 Å². The lowest BCUT2D eigenvalue weighted by atomic mass is 10.1. The van der Waals surface area contributed by atoms with E-state index in [0.717, 1.165) is 70.6 Å². The van der Waals surface area contributed by atoms with E-state index in [1.807, 2.05) is 21.1 Å². The first-order chi connectivity index (χ1) is 24.1. The number of likely N-dealkylation sites (N-methyl/N-ethyl adjacent to an activating group) is 1. The molecular formula is C42H76NO7+. The van der Waals surface area contributed by atoms with Gasteiger partial charge in [-0.1, -0.05) is 121 Å². The van der Waals surface area contributed by atoms with Gasteiger partial charge in [0.05, 0.1) is 34.4 Å². The second-order valence-electron chi connectivity index (χ2n) is 14.6. The van der Waals surface area contributed by atoms with Crippen LogP contribution in [0.5, 0.6) is 0 Å². The van der Waals surface area contributed by atoms with Gasteiger partial charge in [0.25, 0.3) is 0 Å². The number of hydrogen-bond acceptors (Lipinski definition) is 6. The van der Waals surface area contributed by atoms with E-state index in [1.165, 1.54) is 57.8 Å². The third-order valence-electron chi connectivity index (χ3n) is 8.79. The Labute approximate surface area is 306 Å². The second kappa shape index (κ2) is 33.7. The van der Waals surface area contributed by atoms with Gasteiger partial charge in [0.15, 0.2) is 12.1 Å². The number of aliphatic carboxylic acids is 1. The number of carboxylic acids is 1. The van der Waals surface area contributed by atoms with Crippen molar-refractivity contribution < 1.29 is 38.2 Å². The zero-order chi connectivity index (χ0) is 37.1. The Kier molecular flexibility index (Phi) is 32.0. The number of carboxylic acid groups (broad SMARTS) is 1. The number of allylic oxidation sites excluding steroid dienone is 6. The van der Waals surface area contributed by atoms with Crippen LogP contribution in [-0.4, -0.2) is 80.6 Å². The van der Waals surface area contributed by atoms with Gasteiger partial charge in [0.1, 0.15) is 6.61 Å². The highest BCUT2D eigenvalue weighted by atomic mass is 16.6. The lowest BCUT2D eigenvalue weighted by Crippen LogP contribution is -2.50. The summed E-state index contributed by atoms with van der Waals surface area (Å²) >= 11 is 0. The molecule has 0 saturated carbocycles. The van der Waals surface area contributed by atoms with E-state index >= 15 is 0 Å². The van der Waals surface area contributed by atoms with E-state index in [2.05, 4.69) is 50.3 Å². The molecule has 0 rings (SSSR count). The molecule has 0 bridgehead atoms. The van der Waals surface area contributed by atoms with Crippen molar-refractivity contribution in [3.63, 3.8) is 0 Å². The SMILES string of the molecule is CCCC/C=C/CCCCCCC(=O)OC(COCCC(C(=O)O)[N+](C)(C)C)COC(=O)CCCCC/C=C/C=C/CCCCCCCCC. The fourth-order valence-electron chi connectivity index (χ4n) is 5.59. The van der Waals surface area contributed by atoms with Crippen molar-refractivity contribution in [2.45, 2.75) is 174 Å². The van der Waals surface area contributed by atoms with Crippen LogP contribution in [0.4, 0.5) is 0 Å². The van der Waals surface area contributed by atoms with Crippen LogP contribution >= 0.6 is 0 Å². The first-order valence-corrected chi connectivity index (χ1v) is 20.0. The maximum atomic E-state index is 12.6. The molecule has 0 amide bonds. The second-order valence-corrected chi connectivity index (χ2v) is 14.6. The monoisotopic (exact) mass is 707 g/mol. The summed E-state index contributed by atoms with van der Waals surface area (Å²) in [6, 6.07) is -0.618. The molecule has 0 aliphatic carbocycles. The molecule has 0 aliphatic heterocycles. The van der Waals surface area contributed by atoms with Crippen molar-refractivity contribution in [2.24, 2.45) is 0 Å². The minimum absolute atomic E-state index is 0.0483. The lowest BCUT2D eigenvalue weighted by molar-refractivity contribution is -0.887. The quantitative estimate of drug-likeness (QED) is 0.0230. The van der Waals surface area contributed by atoms with Crippen molar-refractivity contribution in [1.82, 2.24) is 0 Å². The van der Waals surface area contributed by atoms with Gasteiger partial charge < -0.3 is 23.8 Å². The highest BCUT2D eigenvalue weighted by molar-refractivity contribution is 5.72. The molecule has 0 aromatic rings. The molecule has 0 aromatic heterocycles. The molecule has 290 valence electrons. The third-order valence-corrected chi connectivity index (χ3v) is 8.79. The Morgan fingerprint density at radius 2 is 1.08 bits per heavy atom. The van der Waals surface area contributed by atoms with Gasteiger partial charge in [-0.25, -0.2) is 4.79 Å². The summed E-state index contributed by atoms with van der Waals surface area (Å²) in [6.45, 7) is 4.63. The Hall–Kier alpha value is -2.45. The molecule has 0 heterocycles. The Bertz CT molecular complexity index is 922. The smallest absolute Gasteiger partial charge is 0.362 e. The maximum Gasteiger partial charge on any atom is 0.362 e. The van der Waals surface area contributed by atoms with Crippen LogP contribution in [0, 0.1) is 0 Å². The molecule has 8 heteroatoms. The number of unbranched alkanes of at least 4 members (excludes halogenated alkanes) is 16. The predicted octanol–water partition coefficient (Wildman–Crippen LogP) is 10.3. The van der Waals surface area contributed by atoms with E-state index in [9.17, 15) is 19.5 Å². The van der Waals surface area contributed by atoms with Gasteiger partial charge in [-0.15, -0.1) is 0 Å². The third kappa shape index (κ3) is 31.5. The summed E-state index contributed by atoms with van der Waals surface area (Å²) in [6.07, 6.45) is 36.2. The van der Waals surface area contributed by atoms with Crippen molar-refractivity contribution in [2.75, 3.05) is 41.0 Å². The average Bonchev–Trinajstić information content (AvgIpc) is 3.06. The maximum absolute atomic E-state index is 12.6. The number of nitrogens with zero attached hydrogens (tertiary/aromatic N) is 1. The highest BCUT2D eigenvalue weighted by Gasteiger charge is 2.31. The van der Waals surface area contributed by atoms with E-state index in [0.29, 0.717) is 19.3 Å². The summed E-state index contributed by atoms with van der Waals surface area (Å²) in [4.78, 5) is 36.8. The molecule has 2 atom stereocenters. The number of carbonyl (C=O) groups is 3. The number of ether oxygens (including phenoxy) is 3. The molecule has 8 nitrogen and oxygen atoms in total. The van der Waals surface area contributed by atoms with Gasteiger partial charge >= 0.3 is 17.9 Å². The van der Waals surface area contributed by atoms with E-state index in [1.54, 1.807) is 0 Å². The van der Waals surface area contributed by atoms with E-state index in [4.69, 9.17) is 14.2 Å². The first-order valence-electron chi connectivity index (χ1n) is 20.0. The Morgan fingerprint density at radius 1 is 0.600 bits per heavy atom. The van der Waals surface area contributed by atoms with Crippen LogP contribution < -0.4 is 0 Å². The van der Waals surface area contributed by atoms with Crippen LogP contribution in [-0.2, 0) is 28.6 Å². The molecular weight excluding hydrogens is 630 g/mol. The first kappa shape index (κ1) is 47.5. The van der Waals surface area contributed by atoms with Gasteiger partial charge in [0.2, 0.25) is 0 Å². The van der Waals surface area contributed by atoms with E-state index in [-0.39, 0.29) is 36.2 Å². The number of quaternary nitrogens is 1. The molecule has 0 aromatic carbocycles. The number of hydrogen-bond donors (Lipinski definition) is 1. The summed E-state index contributed by atoms with van der Waals surface area (Å²) < 4.78 is 17.2. The van der Waals surface area contributed by atoms with Gasteiger partial charge in [0, 0.05) is 19.3 Å². The van der Waals surface area contributed by atoms with Gasteiger partial charge in [-0.2, -0.15) is 0 Å². The lowest BCUT2D eigenvalue weighted by Gasteiger charge is -2.31. The zero-order valence-corrected chi connectivity index (χ0v) is 32.8. The van der Waals surface area contributed by atoms with Crippen molar-refractivity contribution in [3.8, 4) is 0 Å². The number of esters is 2. The number of carbonyl (C=O) groups excluding carboxylic acids is 2. The molecule has 0 fully saturated rings. The fourth-order valence-corrected chi connectivity index (χ4v) is 5.59. The Morgan fingerprint density at radius 3 is 1.64 bits per heavy atom. The minimum atomic E-state index is -0.882. The van der Waals surface area contributed by atoms with Crippen molar-refractivity contribution in [3.05, 3.63) is 36.5 Å². The van der Waals surface area contributed by atoms with E-state index < -0.39 is 18.1 Å². The molecule has 0 radical (unpaired) electrons. The molecule has 0 aliphatic rings. The fraction of sp³-hybridized carbons (Fsp3) is 0.786. The van der Waals surface area contributed by atoms with Crippen molar-refractivity contribution >= 4 is 17.9 Å². The standard InChI is InChI=1S/C42H75NO7/c1-6-8-10-12-14-16-18-19-20-21-22-23-25-26-28-30-32-40(44)49-37-38(36-48-35-34-39(42(46)47)43(3,4)5)50-41(45)33-31-29-27-24-17-15-13-11-9-7-2/h13,15,20-23,38-39H,6-12,14,16-19,24-37H2,1-5H3/p+1/b15-13+,21-20+,23-22+. The molecule has 0 saturated heterocycles. The van der Waals surface area contributed by atoms with Crippen LogP contribution in [0.25, 0.3) is 0 Å². The predicted molar refractivity (Wildman–Crippen MR) is 206 cm³/mol. The average molecular weight is 707 g/mol. The zero-order valence-electron chi connectivity index (χ0n) is 32.8. The number of rotatable bonds is 35. The van der Waals surface area contributed by atoms with Crippen LogP contribution in [0.15, 0.2) is 36.5 Å². The molecule has 0 spiro atoms. The summed E-state index contributed by atoms with van der Waals surface area (Å²) in [7, 11) is 5.50.